The molecule has 0 aromatic heterocycles. The summed E-state index contributed by atoms with van der Waals surface area (Å²) in [6, 6.07) is 7.06. The number of hydrogen-bond acceptors (Lipinski definition) is 0. The summed E-state index contributed by atoms with van der Waals surface area (Å²) < 4.78 is 0. The first-order chi connectivity index (χ1) is 4.83. The highest BCUT2D eigenvalue weighted by atomic mass is 35.5. The Morgan fingerprint density at radius 1 is 1.50 bits per heavy atom. The molecule has 0 saturated carbocycles. The lowest BCUT2D eigenvalue weighted by atomic mass is 10.2. The summed E-state index contributed by atoms with van der Waals surface area (Å²) in [6.07, 6.45) is 1.33. The van der Waals surface area contributed by atoms with E-state index in [1.807, 2.05) is 0 Å². The van der Waals surface area contributed by atoms with E-state index in [0.717, 1.165) is 5.56 Å². The third-order valence-electron chi connectivity index (χ3n) is 1.06. The summed E-state index contributed by atoms with van der Waals surface area (Å²) in [5.41, 5.74) is 8.92. The van der Waals surface area contributed by atoms with Crippen molar-refractivity contribution >= 4 is 17.8 Å². The van der Waals surface area contributed by atoms with Gasteiger partial charge in [-0.1, -0.05) is 17.7 Å². The second-order valence-corrected chi connectivity index (χ2v) is 2.24. The van der Waals surface area contributed by atoms with Gasteiger partial charge in [-0.2, -0.15) is 4.79 Å². The molecular weight excluding hydrogens is 148 g/mol. The second-order valence-electron chi connectivity index (χ2n) is 1.80. The minimum Gasteiger partial charge on any atom is -0.361 e. The van der Waals surface area contributed by atoms with Crippen molar-refractivity contribution in [1.82, 2.24) is 0 Å². The van der Waals surface area contributed by atoms with Crippen molar-refractivity contribution in [2.24, 2.45) is 0 Å². The lowest BCUT2D eigenvalue weighted by molar-refractivity contribution is 0.00456. The molecule has 0 unspecified atom stereocenters. The highest BCUT2D eigenvalue weighted by molar-refractivity contribution is 6.30. The molecule has 0 atom stereocenters. The molecule has 3 heteroatoms. The fraction of sp³-hybridized carbons (Fsp3) is 0. The van der Waals surface area contributed by atoms with Crippen LogP contribution in [0, 0.1) is 0 Å². The SMILES string of the molecule is [N-]=[N+]=Cc1cccc(Cl)c1. The van der Waals surface area contributed by atoms with E-state index in [1.165, 1.54) is 6.21 Å². The molecule has 50 valence electrons. The van der Waals surface area contributed by atoms with Gasteiger partial charge in [0.25, 0.3) is 6.21 Å². The number of benzene rings is 1. The lowest BCUT2D eigenvalue weighted by Crippen LogP contribution is -1.78. The molecule has 0 spiro atoms. The molecule has 1 aromatic rings. The molecule has 10 heavy (non-hydrogen) atoms. The van der Waals surface area contributed by atoms with E-state index in [0.29, 0.717) is 5.02 Å². The van der Waals surface area contributed by atoms with Crippen LogP contribution in [0.5, 0.6) is 0 Å². The van der Waals surface area contributed by atoms with E-state index >= 15 is 0 Å². The fourth-order valence-electron chi connectivity index (χ4n) is 0.654. The van der Waals surface area contributed by atoms with Crippen LogP contribution in [0.3, 0.4) is 0 Å². The molecule has 0 aliphatic heterocycles. The largest absolute Gasteiger partial charge is 0.361 e. The van der Waals surface area contributed by atoms with Crippen molar-refractivity contribution in [2.75, 3.05) is 0 Å². The van der Waals surface area contributed by atoms with E-state index in [-0.39, 0.29) is 0 Å². The first kappa shape index (κ1) is 7.00. The van der Waals surface area contributed by atoms with Crippen LogP contribution in [0.25, 0.3) is 5.53 Å². The summed E-state index contributed by atoms with van der Waals surface area (Å²) in [7, 11) is 0. The monoisotopic (exact) mass is 152 g/mol. The number of hydrogen-bond donors (Lipinski definition) is 0. The van der Waals surface area contributed by atoms with Gasteiger partial charge in [0.2, 0.25) is 0 Å². The highest BCUT2D eigenvalue weighted by Gasteiger charge is 1.91. The number of rotatable bonds is 1. The first-order valence-corrected chi connectivity index (χ1v) is 3.14. The molecule has 0 bridgehead atoms. The van der Waals surface area contributed by atoms with Crippen molar-refractivity contribution in [2.45, 2.75) is 0 Å². The zero-order chi connectivity index (χ0) is 7.40. The Morgan fingerprint density at radius 2 is 2.30 bits per heavy atom. The van der Waals surface area contributed by atoms with E-state index in [4.69, 9.17) is 17.1 Å². The van der Waals surface area contributed by atoms with Crippen LogP contribution in [0.4, 0.5) is 0 Å². The molecule has 0 fully saturated rings. The summed E-state index contributed by atoms with van der Waals surface area (Å²) in [5.74, 6) is 0. The average Bonchev–Trinajstić information content (AvgIpc) is 1.88. The van der Waals surface area contributed by atoms with Gasteiger partial charge in [-0.25, -0.2) is 0 Å². The molecule has 0 aliphatic carbocycles. The minimum atomic E-state index is 0.636. The van der Waals surface area contributed by atoms with E-state index < -0.39 is 0 Å². The quantitative estimate of drug-likeness (QED) is 0.335. The lowest BCUT2D eigenvalue weighted by Gasteiger charge is -1.86. The molecule has 1 aromatic carbocycles. The van der Waals surface area contributed by atoms with Crippen LogP contribution in [-0.4, -0.2) is 11.0 Å². The van der Waals surface area contributed by atoms with Crippen molar-refractivity contribution in [3.05, 3.63) is 40.4 Å². The average molecular weight is 153 g/mol. The molecule has 1 rings (SSSR count). The molecule has 2 nitrogen and oxygen atoms in total. The third kappa shape index (κ3) is 1.69. The van der Waals surface area contributed by atoms with E-state index in [1.54, 1.807) is 24.3 Å². The molecule has 0 N–H and O–H groups in total. The van der Waals surface area contributed by atoms with Gasteiger partial charge in [0.1, 0.15) is 0 Å². The van der Waals surface area contributed by atoms with Crippen LogP contribution in [0.1, 0.15) is 5.56 Å². The fourth-order valence-corrected chi connectivity index (χ4v) is 0.852. The topological polar surface area (TPSA) is 36.4 Å². The molecule has 0 aliphatic rings. The molecule has 0 heterocycles. The van der Waals surface area contributed by atoms with E-state index in [9.17, 15) is 0 Å². The Labute approximate surface area is 63.7 Å². The summed E-state index contributed by atoms with van der Waals surface area (Å²) in [4.78, 5) is 2.86. The van der Waals surface area contributed by atoms with Crippen LogP contribution < -0.4 is 0 Å². The maximum absolute atomic E-state index is 8.14. The van der Waals surface area contributed by atoms with Gasteiger partial charge in [0.05, 0.1) is 5.56 Å². The van der Waals surface area contributed by atoms with Crippen LogP contribution in [-0.2, 0) is 0 Å². The zero-order valence-electron chi connectivity index (χ0n) is 5.16. The number of halogens is 1. The highest BCUT2D eigenvalue weighted by Crippen LogP contribution is 2.07. The Bertz CT molecular complexity index is 277. The number of nitrogens with zero attached hydrogens (tertiary/aromatic N) is 2. The Kier molecular flexibility index (Phi) is 2.21. The van der Waals surface area contributed by atoms with Gasteiger partial charge < -0.3 is 5.53 Å². The molecule has 0 saturated heterocycles. The maximum Gasteiger partial charge on any atom is 0.287 e. The molecular formula is C7H5ClN2. The van der Waals surface area contributed by atoms with Crippen molar-refractivity contribution < 1.29 is 4.79 Å². The van der Waals surface area contributed by atoms with Crippen molar-refractivity contribution in [3.8, 4) is 0 Å². The summed E-state index contributed by atoms with van der Waals surface area (Å²) >= 11 is 5.64. The second kappa shape index (κ2) is 3.16. The first-order valence-electron chi connectivity index (χ1n) is 2.76. The van der Waals surface area contributed by atoms with Crippen molar-refractivity contribution in [1.29, 1.82) is 0 Å². The Balaban J connectivity index is 3.06. The summed E-state index contributed by atoms with van der Waals surface area (Å²) in [5, 5.41) is 0.636. The standard InChI is InChI=1S/C7H5ClN2/c8-7-3-1-2-6(4-7)5-10-9/h1-5H. The third-order valence-corrected chi connectivity index (χ3v) is 1.29. The maximum atomic E-state index is 8.14. The minimum absolute atomic E-state index is 0.636. The van der Waals surface area contributed by atoms with Gasteiger partial charge in [-0.15, -0.1) is 0 Å². The predicted molar refractivity (Wildman–Crippen MR) is 40.2 cm³/mol. The van der Waals surface area contributed by atoms with Gasteiger partial charge in [-0.3, -0.25) is 0 Å². The van der Waals surface area contributed by atoms with Gasteiger partial charge in [-0.05, 0) is 18.2 Å². The van der Waals surface area contributed by atoms with Gasteiger partial charge in [0, 0.05) is 5.02 Å². The van der Waals surface area contributed by atoms with E-state index in [2.05, 4.69) is 4.79 Å². The summed E-state index contributed by atoms with van der Waals surface area (Å²) in [6.45, 7) is 0. The predicted octanol–water partition coefficient (Wildman–Crippen LogP) is 1.99. The molecule has 0 amide bonds. The van der Waals surface area contributed by atoms with Crippen LogP contribution in [0.15, 0.2) is 24.3 Å². The van der Waals surface area contributed by atoms with Gasteiger partial charge >= 0.3 is 0 Å². The van der Waals surface area contributed by atoms with Gasteiger partial charge in [0.15, 0.2) is 0 Å². The van der Waals surface area contributed by atoms with Crippen molar-refractivity contribution in [3.63, 3.8) is 0 Å². The molecule has 0 radical (unpaired) electrons. The smallest absolute Gasteiger partial charge is 0.287 e. The van der Waals surface area contributed by atoms with Crippen LogP contribution >= 0.6 is 11.6 Å². The Morgan fingerprint density at radius 3 is 2.90 bits per heavy atom. The normalized spacial score (nSPS) is 8.50. The Hall–Kier alpha value is -1.11. The van der Waals surface area contributed by atoms with Crippen LogP contribution in [0.2, 0.25) is 5.02 Å². The zero-order valence-corrected chi connectivity index (χ0v) is 5.92.